The van der Waals surface area contributed by atoms with E-state index in [9.17, 15) is 4.79 Å². The van der Waals surface area contributed by atoms with Gasteiger partial charge in [-0.1, -0.05) is 36.8 Å². The standard InChI is InChI=1S/C13H20N2O/c1-10-4-3-5-12(8-10)9-15-13(16)11(2)6-7-14/h3-5,8,11H,6-7,9,14H2,1-2H3,(H,15,16). The molecule has 1 unspecified atom stereocenters. The summed E-state index contributed by atoms with van der Waals surface area (Å²) in [6.07, 6.45) is 0.736. The Labute approximate surface area is 97.0 Å². The predicted octanol–water partition coefficient (Wildman–Crippen LogP) is 1.60. The van der Waals surface area contributed by atoms with Gasteiger partial charge in [0.15, 0.2) is 0 Å². The Morgan fingerprint density at radius 1 is 1.50 bits per heavy atom. The fraction of sp³-hybridized carbons (Fsp3) is 0.462. The molecular formula is C13H20N2O. The van der Waals surface area contributed by atoms with Crippen molar-refractivity contribution in [1.82, 2.24) is 5.32 Å². The number of nitrogens with two attached hydrogens (primary N) is 1. The molecule has 0 saturated carbocycles. The summed E-state index contributed by atoms with van der Waals surface area (Å²) in [5.74, 6) is 0.0711. The molecule has 1 aromatic rings. The van der Waals surface area contributed by atoms with Crippen LogP contribution in [0, 0.1) is 12.8 Å². The average molecular weight is 220 g/mol. The molecule has 3 N–H and O–H groups in total. The summed E-state index contributed by atoms with van der Waals surface area (Å²) in [6.45, 7) is 5.09. The van der Waals surface area contributed by atoms with Gasteiger partial charge in [-0.3, -0.25) is 4.79 Å². The van der Waals surface area contributed by atoms with Gasteiger partial charge >= 0.3 is 0 Å². The van der Waals surface area contributed by atoms with Crippen molar-refractivity contribution in [2.24, 2.45) is 11.7 Å². The summed E-state index contributed by atoms with van der Waals surface area (Å²) in [5.41, 5.74) is 7.76. The van der Waals surface area contributed by atoms with Gasteiger partial charge in [-0.2, -0.15) is 0 Å². The fourth-order valence-electron chi connectivity index (χ4n) is 1.57. The molecule has 0 radical (unpaired) electrons. The highest BCUT2D eigenvalue weighted by Crippen LogP contribution is 2.05. The third-order valence-electron chi connectivity index (χ3n) is 2.60. The van der Waals surface area contributed by atoms with Gasteiger partial charge in [0.2, 0.25) is 5.91 Å². The summed E-state index contributed by atoms with van der Waals surface area (Å²) in [5, 5.41) is 2.92. The smallest absolute Gasteiger partial charge is 0.223 e. The maximum Gasteiger partial charge on any atom is 0.223 e. The summed E-state index contributed by atoms with van der Waals surface area (Å²) in [6, 6.07) is 8.14. The average Bonchev–Trinajstić information content (AvgIpc) is 2.26. The van der Waals surface area contributed by atoms with Gasteiger partial charge in [0.1, 0.15) is 0 Å². The van der Waals surface area contributed by atoms with Crippen molar-refractivity contribution in [3.8, 4) is 0 Å². The molecule has 0 aliphatic heterocycles. The second-order valence-electron chi connectivity index (χ2n) is 4.19. The van der Waals surface area contributed by atoms with Gasteiger partial charge < -0.3 is 11.1 Å². The molecule has 0 spiro atoms. The van der Waals surface area contributed by atoms with E-state index in [1.54, 1.807) is 0 Å². The van der Waals surface area contributed by atoms with Crippen molar-refractivity contribution in [2.45, 2.75) is 26.8 Å². The van der Waals surface area contributed by atoms with Gasteiger partial charge in [-0.05, 0) is 25.5 Å². The number of rotatable bonds is 5. The lowest BCUT2D eigenvalue weighted by Gasteiger charge is -2.11. The molecule has 0 bridgehead atoms. The zero-order valence-electron chi connectivity index (χ0n) is 9.99. The quantitative estimate of drug-likeness (QED) is 0.792. The second-order valence-corrected chi connectivity index (χ2v) is 4.19. The van der Waals surface area contributed by atoms with Crippen LogP contribution < -0.4 is 11.1 Å². The summed E-state index contributed by atoms with van der Waals surface area (Å²) in [7, 11) is 0. The van der Waals surface area contributed by atoms with Crippen LogP contribution >= 0.6 is 0 Å². The van der Waals surface area contributed by atoms with Gasteiger partial charge in [0, 0.05) is 12.5 Å². The number of hydrogen-bond donors (Lipinski definition) is 2. The zero-order valence-corrected chi connectivity index (χ0v) is 9.99. The van der Waals surface area contributed by atoms with Gasteiger partial charge in [0.25, 0.3) is 0 Å². The van der Waals surface area contributed by atoms with Gasteiger partial charge in [0.05, 0.1) is 0 Å². The number of hydrogen-bond acceptors (Lipinski definition) is 2. The lowest BCUT2D eigenvalue weighted by Crippen LogP contribution is -2.29. The topological polar surface area (TPSA) is 55.1 Å². The highest BCUT2D eigenvalue weighted by Gasteiger charge is 2.10. The fourth-order valence-corrected chi connectivity index (χ4v) is 1.57. The van der Waals surface area contributed by atoms with Crippen LogP contribution in [0.3, 0.4) is 0 Å². The molecule has 16 heavy (non-hydrogen) atoms. The van der Waals surface area contributed by atoms with Crippen molar-refractivity contribution in [3.63, 3.8) is 0 Å². The summed E-state index contributed by atoms with van der Waals surface area (Å²) < 4.78 is 0. The van der Waals surface area contributed by atoms with Crippen LogP contribution in [0.4, 0.5) is 0 Å². The van der Waals surface area contributed by atoms with E-state index in [2.05, 4.69) is 11.4 Å². The third kappa shape index (κ3) is 4.03. The van der Waals surface area contributed by atoms with Crippen molar-refractivity contribution in [2.75, 3.05) is 6.54 Å². The van der Waals surface area contributed by atoms with Crippen LogP contribution in [0.15, 0.2) is 24.3 Å². The monoisotopic (exact) mass is 220 g/mol. The highest BCUT2D eigenvalue weighted by atomic mass is 16.1. The number of carbonyl (C=O) groups excluding carboxylic acids is 1. The summed E-state index contributed by atoms with van der Waals surface area (Å²) >= 11 is 0. The SMILES string of the molecule is Cc1cccc(CNC(=O)C(C)CCN)c1. The number of aryl methyl sites for hydroxylation is 1. The molecular weight excluding hydrogens is 200 g/mol. The van der Waals surface area contributed by atoms with E-state index in [0.29, 0.717) is 13.1 Å². The van der Waals surface area contributed by atoms with E-state index < -0.39 is 0 Å². The first-order valence-corrected chi connectivity index (χ1v) is 5.67. The van der Waals surface area contributed by atoms with E-state index in [0.717, 1.165) is 12.0 Å². The van der Waals surface area contributed by atoms with Crippen LogP contribution in [0.5, 0.6) is 0 Å². The minimum absolute atomic E-state index is 0.00481. The van der Waals surface area contributed by atoms with Crippen LogP contribution in [0.2, 0.25) is 0 Å². The third-order valence-corrected chi connectivity index (χ3v) is 2.60. The van der Waals surface area contributed by atoms with E-state index in [4.69, 9.17) is 5.73 Å². The first kappa shape index (κ1) is 12.7. The van der Waals surface area contributed by atoms with Crippen molar-refractivity contribution in [1.29, 1.82) is 0 Å². The lowest BCUT2D eigenvalue weighted by molar-refractivity contribution is -0.124. The Bertz CT molecular complexity index is 350. The Balaban J connectivity index is 2.42. The number of carbonyl (C=O) groups is 1. The molecule has 3 nitrogen and oxygen atoms in total. The first-order chi connectivity index (χ1) is 7.63. The zero-order chi connectivity index (χ0) is 12.0. The van der Waals surface area contributed by atoms with Crippen molar-refractivity contribution in [3.05, 3.63) is 35.4 Å². The van der Waals surface area contributed by atoms with E-state index >= 15 is 0 Å². The molecule has 0 fully saturated rings. The Morgan fingerprint density at radius 3 is 2.88 bits per heavy atom. The number of nitrogens with one attached hydrogen (secondary N) is 1. The summed E-state index contributed by atoms with van der Waals surface area (Å²) in [4.78, 5) is 11.6. The normalized spacial score (nSPS) is 12.2. The number of amides is 1. The first-order valence-electron chi connectivity index (χ1n) is 5.67. The maximum atomic E-state index is 11.6. The predicted molar refractivity (Wildman–Crippen MR) is 65.9 cm³/mol. The van der Waals surface area contributed by atoms with Crippen LogP contribution in [-0.2, 0) is 11.3 Å². The molecule has 1 atom stereocenters. The molecule has 0 aromatic heterocycles. The van der Waals surface area contributed by atoms with Crippen molar-refractivity contribution >= 4 is 5.91 Å². The lowest BCUT2D eigenvalue weighted by atomic mass is 10.1. The van der Waals surface area contributed by atoms with E-state index in [1.807, 2.05) is 32.0 Å². The molecule has 0 saturated heterocycles. The van der Waals surface area contributed by atoms with Crippen molar-refractivity contribution < 1.29 is 4.79 Å². The van der Waals surface area contributed by atoms with Crippen LogP contribution in [0.25, 0.3) is 0 Å². The molecule has 0 aliphatic carbocycles. The Kier molecular flexibility index (Phi) is 4.99. The van der Waals surface area contributed by atoms with Crippen LogP contribution in [0.1, 0.15) is 24.5 Å². The van der Waals surface area contributed by atoms with Gasteiger partial charge in [-0.25, -0.2) is 0 Å². The molecule has 0 aliphatic rings. The Hall–Kier alpha value is -1.35. The minimum atomic E-state index is -0.00481. The molecule has 1 amide bonds. The second kappa shape index (κ2) is 6.28. The van der Waals surface area contributed by atoms with Crippen LogP contribution in [-0.4, -0.2) is 12.5 Å². The molecule has 3 heteroatoms. The van der Waals surface area contributed by atoms with Gasteiger partial charge in [-0.15, -0.1) is 0 Å². The molecule has 0 heterocycles. The van der Waals surface area contributed by atoms with E-state index in [1.165, 1.54) is 5.56 Å². The molecule has 1 rings (SSSR count). The van der Waals surface area contributed by atoms with E-state index in [-0.39, 0.29) is 11.8 Å². The minimum Gasteiger partial charge on any atom is -0.352 e. The largest absolute Gasteiger partial charge is 0.352 e. The maximum absolute atomic E-state index is 11.6. The number of benzene rings is 1. The highest BCUT2D eigenvalue weighted by molar-refractivity contribution is 5.78. The molecule has 88 valence electrons. The molecule has 1 aromatic carbocycles. The Morgan fingerprint density at radius 2 is 2.25 bits per heavy atom.